The van der Waals surface area contributed by atoms with Gasteiger partial charge in [-0.3, -0.25) is 0 Å². The van der Waals surface area contributed by atoms with Gasteiger partial charge in [-0.1, -0.05) is 38.1 Å². The normalized spacial score (nSPS) is 14.3. The lowest BCUT2D eigenvalue weighted by atomic mass is 10.0. The van der Waals surface area contributed by atoms with E-state index in [1.807, 2.05) is 7.05 Å². The Kier molecular flexibility index (Phi) is 6.69. The van der Waals surface area contributed by atoms with Gasteiger partial charge in [0.2, 0.25) is 0 Å². The largest absolute Gasteiger partial charge is 0.378 e. The van der Waals surface area contributed by atoms with Crippen molar-refractivity contribution < 1.29 is 4.74 Å². The fourth-order valence-electron chi connectivity index (χ4n) is 3.15. The highest BCUT2D eigenvalue weighted by molar-refractivity contribution is 7.80. The van der Waals surface area contributed by atoms with Gasteiger partial charge in [0.1, 0.15) is 0 Å². The molecule has 27 heavy (non-hydrogen) atoms. The van der Waals surface area contributed by atoms with Crippen molar-refractivity contribution in [1.29, 1.82) is 0 Å². The fraction of sp³-hybridized carbons (Fsp3) is 0.409. The van der Waals surface area contributed by atoms with E-state index in [9.17, 15) is 0 Å². The molecule has 0 unspecified atom stereocenters. The van der Waals surface area contributed by atoms with Crippen LogP contribution >= 0.6 is 12.2 Å². The van der Waals surface area contributed by atoms with Gasteiger partial charge in [-0.25, -0.2) is 0 Å². The zero-order valence-electron chi connectivity index (χ0n) is 16.4. The van der Waals surface area contributed by atoms with Gasteiger partial charge in [0.15, 0.2) is 5.11 Å². The van der Waals surface area contributed by atoms with Crippen molar-refractivity contribution >= 4 is 28.7 Å². The van der Waals surface area contributed by atoms with Crippen LogP contribution in [-0.4, -0.2) is 43.4 Å². The van der Waals surface area contributed by atoms with Crippen molar-refractivity contribution in [3.05, 3.63) is 59.7 Å². The maximum Gasteiger partial charge on any atom is 0.173 e. The number of anilines is 2. The van der Waals surface area contributed by atoms with Crippen molar-refractivity contribution in [1.82, 2.24) is 4.90 Å². The molecule has 2 aromatic rings. The van der Waals surface area contributed by atoms with Crippen molar-refractivity contribution in [2.45, 2.75) is 26.3 Å². The molecule has 0 saturated carbocycles. The Bertz CT molecular complexity index is 737. The Labute approximate surface area is 168 Å². The van der Waals surface area contributed by atoms with E-state index in [0.717, 1.165) is 43.6 Å². The van der Waals surface area contributed by atoms with Gasteiger partial charge in [0, 0.05) is 38.1 Å². The summed E-state index contributed by atoms with van der Waals surface area (Å²) in [4.78, 5) is 4.43. The van der Waals surface area contributed by atoms with E-state index in [1.165, 1.54) is 16.8 Å². The molecule has 144 valence electrons. The number of benzene rings is 2. The minimum atomic E-state index is 0.536. The highest BCUT2D eigenvalue weighted by Gasteiger charge is 2.11. The van der Waals surface area contributed by atoms with Crippen LogP contribution in [0.25, 0.3) is 0 Å². The Morgan fingerprint density at radius 1 is 1.07 bits per heavy atom. The standard InChI is InChI=1S/C22H29N3OS/c1-17(2)19-6-8-20(9-7-19)23-22(27)24(3)16-18-4-10-21(11-5-18)25-12-14-26-15-13-25/h4-11,17H,12-16H2,1-3H3,(H,23,27). The molecule has 0 aromatic heterocycles. The summed E-state index contributed by atoms with van der Waals surface area (Å²) in [5, 5.41) is 4.05. The van der Waals surface area contributed by atoms with E-state index in [2.05, 4.69) is 77.5 Å². The van der Waals surface area contributed by atoms with Gasteiger partial charge in [-0.15, -0.1) is 0 Å². The molecule has 1 aliphatic rings. The summed E-state index contributed by atoms with van der Waals surface area (Å²) in [6.45, 7) is 8.71. The van der Waals surface area contributed by atoms with Crippen molar-refractivity contribution in [3.63, 3.8) is 0 Å². The SMILES string of the molecule is CC(C)c1ccc(NC(=S)N(C)Cc2ccc(N3CCOCC3)cc2)cc1. The summed E-state index contributed by atoms with van der Waals surface area (Å²) in [6, 6.07) is 17.2. The van der Waals surface area contributed by atoms with Gasteiger partial charge in [0.05, 0.1) is 13.2 Å². The first-order valence-electron chi connectivity index (χ1n) is 9.56. The minimum Gasteiger partial charge on any atom is -0.378 e. The molecule has 0 amide bonds. The summed E-state index contributed by atoms with van der Waals surface area (Å²) in [6.07, 6.45) is 0. The lowest BCUT2D eigenvalue weighted by molar-refractivity contribution is 0.122. The zero-order valence-corrected chi connectivity index (χ0v) is 17.3. The molecule has 0 bridgehead atoms. The Morgan fingerprint density at radius 2 is 1.70 bits per heavy atom. The van der Waals surface area contributed by atoms with Crippen LogP contribution in [0.3, 0.4) is 0 Å². The number of hydrogen-bond donors (Lipinski definition) is 1. The molecule has 1 heterocycles. The smallest absolute Gasteiger partial charge is 0.173 e. The summed E-state index contributed by atoms with van der Waals surface area (Å²) in [5.74, 6) is 0.536. The molecule has 4 nitrogen and oxygen atoms in total. The summed E-state index contributed by atoms with van der Waals surface area (Å²) in [7, 11) is 2.02. The van der Waals surface area contributed by atoms with Crippen LogP contribution in [0, 0.1) is 0 Å². The monoisotopic (exact) mass is 383 g/mol. The number of rotatable bonds is 5. The predicted octanol–water partition coefficient (Wildman–Crippen LogP) is 4.48. The highest BCUT2D eigenvalue weighted by Crippen LogP contribution is 2.19. The molecule has 1 fully saturated rings. The first-order chi connectivity index (χ1) is 13.0. The quantitative estimate of drug-likeness (QED) is 0.769. The van der Waals surface area contributed by atoms with Crippen LogP contribution in [0.15, 0.2) is 48.5 Å². The second-order valence-corrected chi connectivity index (χ2v) is 7.72. The summed E-state index contributed by atoms with van der Waals surface area (Å²) >= 11 is 5.56. The number of ether oxygens (including phenoxy) is 1. The molecule has 1 N–H and O–H groups in total. The van der Waals surface area contributed by atoms with Gasteiger partial charge in [-0.2, -0.15) is 0 Å². The Hall–Kier alpha value is -2.11. The average Bonchev–Trinajstić information content (AvgIpc) is 2.69. The van der Waals surface area contributed by atoms with E-state index in [1.54, 1.807) is 0 Å². The van der Waals surface area contributed by atoms with E-state index in [-0.39, 0.29) is 0 Å². The Balaban J connectivity index is 1.54. The molecule has 1 saturated heterocycles. The van der Waals surface area contributed by atoms with Crippen LogP contribution in [0.1, 0.15) is 30.9 Å². The lowest BCUT2D eigenvalue weighted by Crippen LogP contribution is -2.36. The number of nitrogens with zero attached hydrogens (tertiary/aromatic N) is 2. The van der Waals surface area contributed by atoms with E-state index < -0.39 is 0 Å². The number of nitrogens with one attached hydrogen (secondary N) is 1. The van der Waals surface area contributed by atoms with Crippen LogP contribution in [-0.2, 0) is 11.3 Å². The second kappa shape index (κ2) is 9.20. The van der Waals surface area contributed by atoms with E-state index >= 15 is 0 Å². The number of hydrogen-bond acceptors (Lipinski definition) is 3. The molecule has 5 heteroatoms. The van der Waals surface area contributed by atoms with Crippen LogP contribution in [0.2, 0.25) is 0 Å². The van der Waals surface area contributed by atoms with Crippen LogP contribution in [0.5, 0.6) is 0 Å². The molecule has 3 rings (SSSR count). The van der Waals surface area contributed by atoms with E-state index in [4.69, 9.17) is 17.0 Å². The molecule has 0 spiro atoms. The molecular formula is C22H29N3OS. The molecule has 2 aromatic carbocycles. The third-order valence-electron chi connectivity index (χ3n) is 4.91. The van der Waals surface area contributed by atoms with Crippen molar-refractivity contribution in [3.8, 4) is 0 Å². The topological polar surface area (TPSA) is 27.7 Å². The van der Waals surface area contributed by atoms with Gasteiger partial charge < -0.3 is 19.9 Å². The first kappa shape index (κ1) is 19.6. The van der Waals surface area contributed by atoms with Gasteiger partial charge in [0.25, 0.3) is 0 Å². The van der Waals surface area contributed by atoms with E-state index in [0.29, 0.717) is 5.92 Å². The molecule has 1 aliphatic heterocycles. The maximum absolute atomic E-state index is 5.56. The fourth-order valence-corrected chi connectivity index (χ4v) is 3.33. The molecule has 0 atom stereocenters. The number of morpholine rings is 1. The average molecular weight is 384 g/mol. The minimum absolute atomic E-state index is 0.536. The summed E-state index contributed by atoms with van der Waals surface area (Å²) in [5.41, 5.74) is 4.86. The first-order valence-corrected chi connectivity index (χ1v) is 9.97. The highest BCUT2D eigenvalue weighted by atomic mass is 32.1. The predicted molar refractivity (Wildman–Crippen MR) is 118 cm³/mol. The molecular weight excluding hydrogens is 354 g/mol. The van der Waals surface area contributed by atoms with Crippen molar-refractivity contribution in [2.75, 3.05) is 43.6 Å². The van der Waals surface area contributed by atoms with Gasteiger partial charge in [-0.05, 0) is 53.5 Å². The van der Waals surface area contributed by atoms with Crippen LogP contribution in [0.4, 0.5) is 11.4 Å². The lowest BCUT2D eigenvalue weighted by Gasteiger charge is -2.29. The number of thiocarbonyl (C=S) groups is 1. The second-order valence-electron chi connectivity index (χ2n) is 7.33. The molecule has 0 radical (unpaired) electrons. The molecule has 0 aliphatic carbocycles. The van der Waals surface area contributed by atoms with Gasteiger partial charge >= 0.3 is 0 Å². The maximum atomic E-state index is 5.56. The Morgan fingerprint density at radius 3 is 2.30 bits per heavy atom. The third-order valence-corrected chi connectivity index (χ3v) is 5.32. The van der Waals surface area contributed by atoms with Crippen molar-refractivity contribution in [2.24, 2.45) is 0 Å². The zero-order chi connectivity index (χ0) is 19.2. The van der Waals surface area contributed by atoms with Crippen LogP contribution < -0.4 is 10.2 Å². The summed E-state index contributed by atoms with van der Waals surface area (Å²) < 4.78 is 5.42. The third kappa shape index (κ3) is 5.44.